The first kappa shape index (κ1) is 17.7. The predicted octanol–water partition coefficient (Wildman–Crippen LogP) is 2.89. The Kier molecular flexibility index (Phi) is 6.14. The van der Waals surface area contributed by atoms with Crippen molar-refractivity contribution in [3.05, 3.63) is 21.3 Å². The number of thiophene rings is 1. The van der Waals surface area contributed by atoms with Gasteiger partial charge in [0.2, 0.25) is 5.91 Å². The fourth-order valence-corrected chi connectivity index (χ4v) is 4.32. The SMILES string of the molecule is O=C(CCC1CCN(C(=O)c2ccc(Cl)s2)CC1)N1CCOCC1. The van der Waals surface area contributed by atoms with Crippen LogP contribution in [0.5, 0.6) is 0 Å². The molecule has 132 valence electrons. The van der Waals surface area contributed by atoms with Gasteiger partial charge in [-0.3, -0.25) is 9.59 Å². The molecule has 2 aliphatic rings. The van der Waals surface area contributed by atoms with Crippen LogP contribution in [0.3, 0.4) is 0 Å². The molecule has 0 saturated carbocycles. The van der Waals surface area contributed by atoms with Crippen LogP contribution in [0.1, 0.15) is 35.4 Å². The van der Waals surface area contributed by atoms with Gasteiger partial charge in [0.25, 0.3) is 5.91 Å². The van der Waals surface area contributed by atoms with E-state index in [1.807, 2.05) is 9.80 Å². The lowest BCUT2D eigenvalue weighted by Crippen LogP contribution is -2.41. The minimum absolute atomic E-state index is 0.0785. The molecule has 0 N–H and O–H groups in total. The number of piperidine rings is 1. The number of morpholine rings is 1. The standard InChI is InChI=1S/C17H23ClN2O3S/c18-15-3-2-14(24-15)17(22)20-7-5-13(6-8-20)1-4-16(21)19-9-11-23-12-10-19/h2-3,13H,1,4-12H2. The summed E-state index contributed by atoms with van der Waals surface area (Å²) in [4.78, 5) is 29.1. The van der Waals surface area contributed by atoms with E-state index in [-0.39, 0.29) is 11.8 Å². The summed E-state index contributed by atoms with van der Waals surface area (Å²) in [6, 6.07) is 3.56. The number of likely N-dealkylation sites (tertiary alicyclic amines) is 1. The third-order valence-corrected chi connectivity index (χ3v) is 6.04. The average Bonchev–Trinajstić information content (AvgIpc) is 3.06. The van der Waals surface area contributed by atoms with Gasteiger partial charge in [-0.05, 0) is 37.3 Å². The van der Waals surface area contributed by atoms with Gasteiger partial charge in [0, 0.05) is 32.6 Å². The number of carbonyl (C=O) groups is 2. The quantitative estimate of drug-likeness (QED) is 0.818. The highest BCUT2D eigenvalue weighted by Crippen LogP contribution is 2.27. The zero-order chi connectivity index (χ0) is 16.9. The normalized spacial score (nSPS) is 19.5. The molecule has 2 aliphatic heterocycles. The summed E-state index contributed by atoms with van der Waals surface area (Å²) < 4.78 is 5.93. The van der Waals surface area contributed by atoms with Gasteiger partial charge in [-0.1, -0.05) is 11.6 Å². The van der Waals surface area contributed by atoms with Crippen molar-refractivity contribution in [3.8, 4) is 0 Å². The van der Waals surface area contributed by atoms with Gasteiger partial charge in [0.15, 0.2) is 0 Å². The van der Waals surface area contributed by atoms with Crippen molar-refractivity contribution in [1.29, 1.82) is 0 Å². The Balaban J connectivity index is 1.40. The fourth-order valence-electron chi connectivity index (χ4n) is 3.31. The van der Waals surface area contributed by atoms with Crippen molar-refractivity contribution in [2.75, 3.05) is 39.4 Å². The molecular weight excluding hydrogens is 348 g/mol. The molecule has 3 heterocycles. The summed E-state index contributed by atoms with van der Waals surface area (Å²) >= 11 is 7.24. The van der Waals surface area contributed by atoms with Crippen molar-refractivity contribution in [2.24, 2.45) is 5.92 Å². The van der Waals surface area contributed by atoms with Crippen molar-refractivity contribution in [2.45, 2.75) is 25.7 Å². The summed E-state index contributed by atoms with van der Waals surface area (Å²) in [6.07, 6.45) is 3.48. The summed E-state index contributed by atoms with van der Waals surface area (Å²) in [5, 5.41) is 0. The van der Waals surface area contributed by atoms with Crippen LogP contribution in [0.15, 0.2) is 12.1 Å². The second-order valence-corrected chi connectivity index (χ2v) is 8.09. The Labute approximate surface area is 151 Å². The van der Waals surface area contributed by atoms with Crippen molar-refractivity contribution < 1.29 is 14.3 Å². The molecule has 2 amide bonds. The third kappa shape index (κ3) is 4.49. The molecule has 5 nitrogen and oxygen atoms in total. The molecule has 2 fully saturated rings. The Morgan fingerprint density at radius 1 is 1.12 bits per heavy atom. The number of rotatable bonds is 4. The molecule has 0 spiro atoms. The van der Waals surface area contributed by atoms with Gasteiger partial charge in [-0.2, -0.15) is 0 Å². The monoisotopic (exact) mass is 370 g/mol. The number of hydrogen-bond donors (Lipinski definition) is 0. The molecule has 1 aromatic rings. The van der Waals surface area contributed by atoms with E-state index >= 15 is 0 Å². The van der Waals surface area contributed by atoms with E-state index in [9.17, 15) is 9.59 Å². The number of amides is 2. The third-order valence-electron chi connectivity index (χ3n) is 4.82. The van der Waals surface area contributed by atoms with Crippen LogP contribution in [-0.4, -0.2) is 61.0 Å². The van der Waals surface area contributed by atoms with E-state index in [0.717, 1.165) is 45.4 Å². The molecule has 0 aliphatic carbocycles. The van der Waals surface area contributed by atoms with Crippen molar-refractivity contribution in [1.82, 2.24) is 9.80 Å². The van der Waals surface area contributed by atoms with Crippen LogP contribution >= 0.6 is 22.9 Å². The minimum atomic E-state index is 0.0785. The minimum Gasteiger partial charge on any atom is -0.378 e. The van der Waals surface area contributed by atoms with Gasteiger partial charge in [-0.25, -0.2) is 0 Å². The summed E-state index contributed by atoms with van der Waals surface area (Å²) in [7, 11) is 0. The maximum Gasteiger partial charge on any atom is 0.263 e. The lowest BCUT2D eigenvalue weighted by atomic mass is 9.92. The molecule has 0 aromatic carbocycles. The Bertz CT molecular complexity index is 578. The summed E-state index contributed by atoms with van der Waals surface area (Å²) in [5.41, 5.74) is 0. The average molecular weight is 371 g/mol. The highest BCUT2D eigenvalue weighted by Gasteiger charge is 2.25. The van der Waals surface area contributed by atoms with Crippen LogP contribution in [0.2, 0.25) is 4.34 Å². The molecule has 3 rings (SSSR count). The van der Waals surface area contributed by atoms with Gasteiger partial charge >= 0.3 is 0 Å². The highest BCUT2D eigenvalue weighted by molar-refractivity contribution is 7.17. The molecule has 0 unspecified atom stereocenters. The summed E-state index contributed by atoms with van der Waals surface area (Å²) in [6.45, 7) is 4.28. The molecule has 7 heteroatoms. The maximum atomic E-state index is 12.4. The van der Waals surface area contributed by atoms with Gasteiger partial charge < -0.3 is 14.5 Å². The van der Waals surface area contributed by atoms with Crippen LogP contribution in [0.4, 0.5) is 0 Å². The lowest BCUT2D eigenvalue weighted by Gasteiger charge is -2.32. The number of hydrogen-bond acceptors (Lipinski definition) is 4. The first-order valence-corrected chi connectivity index (χ1v) is 9.73. The topological polar surface area (TPSA) is 49.9 Å². The van der Waals surface area contributed by atoms with Crippen molar-refractivity contribution >= 4 is 34.8 Å². The Morgan fingerprint density at radius 2 is 1.83 bits per heavy atom. The van der Waals surface area contributed by atoms with Gasteiger partial charge in [-0.15, -0.1) is 11.3 Å². The number of ether oxygens (including phenoxy) is 1. The summed E-state index contributed by atoms with van der Waals surface area (Å²) in [5.74, 6) is 0.853. The first-order chi connectivity index (χ1) is 11.6. The fraction of sp³-hybridized carbons (Fsp3) is 0.647. The van der Waals surface area contributed by atoms with E-state index in [4.69, 9.17) is 16.3 Å². The second kappa shape index (κ2) is 8.32. The Morgan fingerprint density at radius 3 is 2.46 bits per heavy atom. The molecule has 1 aromatic heterocycles. The van der Waals surface area contributed by atoms with E-state index in [1.54, 1.807) is 12.1 Å². The van der Waals surface area contributed by atoms with E-state index < -0.39 is 0 Å². The molecular formula is C17H23ClN2O3S. The largest absolute Gasteiger partial charge is 0.378 e. The number of carbonyl (C=O) groups excluding carboxylic acids is 2. The predicted molar refractivity (Wildman–Crippen MR) is 94.6 cm³/mol. The van der Waals surface area contributed by atoms with Crippen LogP contribution in [-0.2, 0) is 9.53 Å². The Hall–Kier alpha value is -1.11. The number of nitrogens with zero attached hydrogens (tertiary/aromatic N) is 2. The molecule has 0 atom stereocenters. The second-order valence-electron chi connectivity index (χ2n) is 6.37. The number of halogens is 1. The smallest absolute Gasteiger partial charge is 0.263 e. The van der Waals surface area contributed by atoms with E-state index in [1.165, 1.54) is 11.3 Å². The molecule has 2 saturated heterocycles. The lowest BCUT2D eigenvalue weighted by molar-refractivity contribution is -0.135. The van der Waals surface area contributed by atoms with E-state index in [2.05, 4.69) is 0 Å². The highest BCUT2D eigenvalue weighted by atomic mass is 35.5. The van der Waals surface area contributed by atoms with Crippen LogP contribution in [0, 0.1) is 5.92 Å². The van der Waals surface area contributed by atoms with Gasteiger partial charge in [0.05, 0.1) is 22.4 Å². The van der Waals surface area contributed by atoms with Gasteiger partial charge in [0.1, 0.15) is 0 Å². The molecule has 0 bridgehead atoms. The van der Waals surface area contributed by atoms with Crippen LogP contribution < -0.4 is 0 Å². The van der Waals surface area contributed by atoms with E-state index in [0.29, 0.717) is 34.8 Å². The first-order valence-electron chi connectivity index (χ1n) is 8.53. The zero-order valence-corrected chi connectivity index (χ0v) is 15.3. The molecule has 0 radical (unpaired) electrons. The maximum absolute atomic E-state index is 12.4. The van der Waals surface area contributed by atoms with Crippen LogP contribution in [0.25, 0.3) is 0 Å². The zero-order valence-electron chi connectivity index (χ0n) is 13.7. The van der Waals surface area contributed by atoms with Crippen molar-refractivity contribution in [3.63, 3.8) is 0 Å². The molecule has 24 heavy (non-hydrogen) atoms.